The molecular weight excluding hydrogens is 264 g/mol. The quantitative estimate of drug-likeness (QED) is 0.807. The topological polar surface area (TPSA) is 20.2 Å². The average molecular weight is 284 g/mol. The summed E-state index contributed by atoms with van der Waals surface area (Å²) in [5.74, 6) is 1.98. The van der Waals surface area contributed by atoms with Crippen molar-refractivity contribution in [1.29, 1.82) is 0 Å². The summed E-state index contributed by atoms with van der Waals surface area (Å²) in [6.07, 6.45) is 0.761. The lowest BCUT2D eigenvalue weighted by atomic mass is 10.0. The second-order valence-corrected chi connectivity index (χ2v) is 6.70. The summed E-state index contributed by atoms with van der Waals surface area (Å²) in [6.45, 7) is 2.15. The normalized spacial score (nSPS) is 22.5. The maximum Gasteiger partial charge on any atom is 0.0824 e. The molecule has 3 atom stereocenters. The fourth-order valence-corrected chi connectivity index (χ4v) is 3.48. The number of benzene rings is 2. The van der Waals surface area contributed by atoms with Gasteiger partial charge in [-0.3, -0.25) is 0 Å². The first-order valence-corrected chi connectivity index (χ1v) is 8.24. The minimum Gasteiger partial charge on any atom is -0.388 e. The zero-order valence-electron chi connectivity index (χ0n) is 11.7. The van der Waals surface area contributed by atoms with Gasteiger partial charge < -0.3 is 5.11 Å². The minimum atomic E-state index is -0.333. The molecule has 0 amide bonds. The van der Waals surface area contributed by atoms with Gasteiger partial charge in [0.25, 0.3) is 0 Å². The number of aliphatic hydroxyl groups excluding tert-OH is 1. The summed E-state index contributed by atoms with van der Waals surface area (Å²) in [6, 6.07) is 18.9. The largest absolute Gasteiger partial charge is 0.388 e. The standard InChI is InChI=1S/C18H20OS/c1-2-20-15-10-8-14(9-11-15)18(19)17-12-16(17)13-6-4-3-5-7-13/h3-11,16-19H,2,12H2,1H3. The molecule has 2 aromatic carbocycles. The Morgan fingerprint density at radius 1 is 1.10 bits per heavy atom. The summed E-state index contributed by atoms with van der Waals surface area (Å²) in [5.41, 5.74) is 2.41. The average Bonchev–Trinajstić information content (AvgIpc) is 3.29. The highest BCUT2D eigenvalue weighted by Gasteiger charge is 2.43. The van der Waals surface area contributed by atoms with E-state index in [1.165, 1.54) is 10.5 Å². The molecule has 0 aromatic heterocycles. The van der Waals surface area contributed by atoms with Crippen LogP contribution in [0.5, 0.6) is 0 Å². The van der Waals surface area contributed by atoms with Crippen molar-refractivity contribution in [2.45, 2.75) is 30.3 Å². The van der Waals surface area contributed by atoms with E-state index in [4.69, 9.17) is 0 Å². The number of hydrogen-bond donors (Lipinski definition) is 1. The monoisotopic (exact) mass is 284 g/mol. The number of aliphatic hydroxyl groups is 1. The third kappa shape index (κ3) is 2.92. The first-order chi connectivity index (χ1) is 9.79. The molecular formula is C18H20OS. The van der Waals surface area contributed by atoms with E-state index in [9.17, 15) is 5.11 Å². The molecule has 3 unspecified atom stereocenters. The predicted molar refractivity (Wildman–Crippen MR) is 85.1 cm³/mol. The van der Waals surface area contributed by atoms with Gasteiger partial charge in [0.2, 0.25) is 0 Å². The molecule has 20 heavy (non-hydrogen) atoms. The van der Waals surface area contributed by atoms with E-state index in [0.29, 0.717) is 11.8 Å². The molecule has 0 spiro atoms. The molecule has 2 heteroatoms. The van der Waals surface area contributed by atoms with Gasteiger partial charge in [0.1, 0.15) is 0 Å². The Hall–Kier alpha value is -1.25. The SMILES string of the molecule is CCSc1ccc(C(O)C2CC2c2ccccc2)cc1. The number of rotatable bonds is 5. The van der Waals surface area contributed by atoms with Crippen LogP contribution >= 0.6 is 11.8 Å². The Labute approximate surface area is 125 Å². The maximum absolute atomic E-state index is 10.5. The lowest BCUT2D eigenvalue weighted by molar-refractivity contribution is 0.151. The van der Waals surface area contributed by atoms with Crippen LogP contribution in [0.25, 0.3) is 0 Å². The zero-order chi connectivity index (χ0) is 13.9. The molecule has 0 saturated heterocycles. The highest BCUT2D eigenvalue weighted by Crippen LogP contribution is 2.53. The Morgan fingerprint density at radius 2 is 1.80 bits per heavy atom. The smallest absolute Gasteiger partial charge is 0.0824 e. The summed E-state index contributed by atoms with van der Waals surface area (Å²) in [4.78, 5) is 1.28. The lowest BCUT2D eigenvalue weighted by Crippen LogP contribution is -2.01. The van der Waals surface area contributed by atoms with Crippen LogP contribution in [-0.2, 0) is 0 Å². The summed E-state index contributed by atoms with van der Waals surface area (Å²) >= 11 is 1.84. The number of thioether (sulfide) groups is 1. The van der Waals surface area contributed by atoms with Crippen LogP contribution in [-0.4, -0.2) is 10.9 Å². The van der Waals surface area contributed by atoms with Crippen molar-refractivity contribution in [3.63, 3.8) is 0 Å². The van der Waals surface area contributed by atoms with Crippen molar-refractivity contribution >= 4 is 11.8 Å². The van der Waals surface area contributed by atoms with Gasteiger partial charge in [-0.1, -0.05) is 49.4 Å². The highest BCUT2D eigenvalue weighted by atomic mass is 32.2. The van der Waals surface area contributed by atoms with Gasteiger partial charge in [0, 0.05) is 4.90 Å². The first-order valence-electron chi connectivity index (χ1n) is 7.25. The van der Waals surface area contributed by atoms with Crippen molar-refractivity contribution in [3.05, 3.63) is 65.7 Å². The summed E-state index contributed by atoms with van der Waals surface area (Å²) in [5, 5.41) is 10.5. The third-order valence-corrected chi connectivity index (χ3v) is 4.90. The fourth-order valence-electron chi connectivity index (χ4n) is 2.82. The van der Waals surface area contributed by atoms with Crippen molar-refractivity contribution in [2.75, 3.05) is 5.75 Å². The highest BCUT2D eigenvalue weighted by molar-refractivity contribution is 7.99. The summed E-state index contributed by atoms with van der Waals surface area (Å²) in [7, 11) is 0. The van der Waals surface area contributed by atoms with Crippen LogP contribution in [0.3, 0.4) is 0 Å². The van der Waals surface area contributed by atoms with Crippen LogP contribution in [0.1, 0.15) is 36.5 Å². The Kier molecular flexibility index (Phi) is 4.13. The third-order valence-electron chi connectivity index (χ3n) is 4.01. The van der Waals surface area contributed by atoms with Gasteiger partial charge >= 0.3 is 0 Å². The number of hydrogen-bond acceptors (Lipinski definition) is 2. The minimum absolute atomic E-state index is 0.333. The van der Waals surface area contributed by atoms with Crippen LogP contribution in [0.15, 0.2) is 59.5 Å². The van der Waals surface area contributed by atoms with Gasteiger partial charge in [-0.25, -0.2) is 0 Å². The van der Waals surface area contributed by atoms with E-state index in [1.807, 2.05) is 17.8 Å². The van der Waals surface area contributed by atoms with E-state index in [2.05, 4.69) is 55.5 Å². The van der Waals surface area contributed by atoms with Gasteiger partial charge in [0.05, 0.1) is 6.10 Å². The Morgan fingerprint density at radius 3 is 2.45 bits per heavy atom. The molecule has 3 rings (SSSR count). The molecule has 1 N–H and O–H groups in total. The molecule has 0 bridgehead atoms. The molecule has 1 saturated carbocycles. The molecule has 1 nitrogen and oxygen atoms in total. The zero-order valence-corrected chi connectivity index (χ0v) is 12.5. The molecule has 1 fully saturated rings. The predicted octanol–water partition coefficient (Wildman–Crippen LogP) is 4.64. The van der Waals surface area contributed by atoms with E-state index in [0.717, 1.165) is 17.7 Å². The molecule has 1 aliphatic carbocycles. The molecule has 104 valence electrons. The van der Waals surface area contributed by atoms with Gasteiger partial charge in [-0.05, 0) is 47.3 Å². The van der Waals surface area contributed by atoms with Crippen molar-refractivity contribution in [3.8, 4) is 0 Å². The van der Waals surface area contributed by atoms with Crippen molar-refractivity contribution in [2.24, 2.45) is 5.92 Å². The van der Waals surface area contributed by atoms with Gasteiger partial charge in [0.15, 0.2) is 0 Å². The van der Waals surface area contributed by atoms with E-state index < -0.39 is 0 Å². The lowest BCUT2D eigenvalue weighted by Gasteiger charge is -2.11. The maximum atomic E-state index is 10.5. The summed E-state index contributed by atoms with van der Waals surface area (Å²) < 4.78 is 0. The van der Waals surface area contributed by atoms with E-state index in [1.54, 1.807) is 0 Å². The second kappa shape index (κ2) is 6.02. The molecule has 1 aliphatic rings. The van der Waals surface area contributed by atoms with Crippen LogP contribution < -0.4 is 0 Å². The van der Waals surface area contributed by atoms with Crippen molar-refractivity contribution in [1.82, 2.24) is 0 Å². The van der Waals surface area contributed by atoms with Crippen molar-refractivity contribution < 1.29 is 5.11 Å². The van der Waals surface area contributed by atoms with Crippen LogP contribution in [0.4, 0.5) is 0 Å². The van der Waals surface area contributed by atoms with E-state index >= 15 is 0 Å². The van der Waals surface area contributed by atoms with Gasteiger partial charge in [-0.2, -0.15) is 0 Å². The van der Waals surface area contributed by atoms with Crippen LogP contribution in [0.2, 0.25) is 0 Å². The van der Waals surface area contributed by atoms with Gasteiger partial charge in [-0.15, -0.1) is 11.8 Å². The molecule has 0 aliphatic heterocycles. The van der Waals surface area contributed by atoms with E-state index in [-0.39, 0.29) is 6.10 Å². The first kappa shape index (κ1) is 13.7. The molecule has 0 heterocycles. The Bertz CT molecular complexity index is 549. The second-order valence-electron chi connectivity index (χ2n) is 5.36. The Balaban J connectivity index is 1.67. The molecule has 0 radical (unpaired) electrons. The fraction of sp³-hybridized carbons (Fsp3) is 0.333. The molecule has 2 aromatic rings. The van der Waals surface area contributed by atoms with Crippen LogP contribution in [0, 0.1) is 5.92 Å².